The van der Waals surface area contributed by atoms with Gasteiger partial charge in [0.15, 0.2) is 5.96 Å². The third-order valence-electron chi connectivity index (χ3n) is 13.1. The molecule has 0 unspecified atom stereocenters. The Morgan fingerprint density at radius 3 is 1.44 bits per heavy atom. The largest absolute Gasteiger partial charge is 0.481 e. The lowest BCUT2D eigenvalue weighted by molar-refractivity contribution is -0.141. The van der Waals surface area contributed by atoms with Crippen molar-refractivity contribution in [3.63, 3.8) is 0 Å². The molecule has 0 radical (unpaired) electrons. The number of carboxylic acids is 4. The number of aliphatic hydroxyl groups is 2. The van der Waals surface area contributed by atoms with Gasteiger partial charge in [-0.05, 0) is 56.9 Å². The highest BCUT2D eigenvalue weighted by molar-refractivity contribution is 5.99. The molecule has 1 rings (SSSR count). The van der Waals surface area contributed by atoms with Crippen LogP contribution >= 0.6 is 0 Å². The molecule has 38 nitrogen and oxygen atoms in total. The molecule has 12 amide bonds. The summed E-state index contributed by atoms with van der Waals surface area (Å²) in [6.07, 6.45) is -6.79. The molecule has 0 bridgehead atoms. The first kappa shape index (κ1) is 78.9. The minimum Gasteiger partial charge on any atom is -0.481 e. The van der Waals surface area contributed by atoms with Gasteiger partial charge in [0.25, 0.3) is 0 Å². The number of hydrogen-bond donors (Lipinski definition) is 22. The number of aliphatic carboxylic acids is 4. The molecule has 25 N–H and O–H groups in total. The molecule has 11 atom stereocenters. The summed E-state index contributed by atoms with van der Waals surface area (Å²) < 4.78 is 0. The van der Waals surface area contributed by atoms with Gasteiger partial charge >= 0.3 is 23.9 Å². The number of amides is 12. The number of nitrogens with two attached hydrogens (primary N) is 3. The average Bonchev–Trinajstić information content (AvgIpc) is 2.82. The van der Waals surface area contributed by atoms with E-state index in [4.69, 9.17) is 27.7 Å². The fourth-order valence-corrected chi connectivity index (χ4v) is 7.99. The Kier molecular flexibility index (Phi) is 35.7. The fraction of sp³-hybridized carbons (Fsp3) is 0.566. The van der Waals surface area contributed by atoms with Gasteiger partial charge in [-0.15, -0.1) is 0 Å². The van der Waals surface area contributed by atoms with E-state index in [2.05, 4.69) is 53.2 Å². The molecule has 506 valence electrons. The third-order valence-corrected chi connectivity index (χ3v) is 13.1. The number of guanidine groups is 1. The molecular formula is C53H82N16O22. The molecule has 0 saturated carbocycles. The molecule has 1 aromatic carbocycles. The van der Waals surface area contributed by atoms with Crippen LogP contribution in [0.5, 0.6) is 0 Å². The van der Waals surface area contributed by atoms with Crippen LogP contribution in [0.1, 0.15) is 90.5 Å². The highest BCUT2D eigenvalue weighted by atomic mass is 16.4. The number of primary amides is 1. The van der Waals surface area contributed by atoms with E-state index in [0.717, 1.165) is 0 Å². The number of carbonyl (C=O) groups excluding carboxylic acids is 12. The molecule has 0 fully saturated rings. The molecular weight excluding hydrogens is 1210 g/mol. The van der Waals surface area contributed by atoms with E-state index < -0.39 is 238 Å². The summed E-state index contributed by atoms with van der Waals surface area (Å²) >= 11 is 0. The number of carboxylic acid groups (broad SMARTS) is 4. The van der Waals surface area contributed by atoms with Gasteiger partial charge in [0.1, 0.15) is 54.9 Å². The van der Waals surface area contributed by atoms with E-state index in [1.807, 2.05) is 10.6 Å². The first-order valence-electron chi connectivity index (χ1n) is 28.3. The van der Waals surface area contributed by atoms with Crippen LogP contribution in [0.4, 0.5) is 0 Å². The summed E-state index contributed by atoms with van der Waals surface area (Å²) in [5, 5.41) is 91.9. The van der Waals surface area contributed by atoms with E-state index in [1.54, 1.807) is 37.3 Å². The summed E-state index contributed by atoms with van der Waals surface area (Å²) in [6, 6.07) is -6.83. The lowest BCUT2D eigenvalue weighted by Crippen LogP contribution is -2.61. The van der Waals surface area contributed by atoms with Crippen LogP contribution in [0.25, 0.3) is 0 Å². The SMILES string of the molecule is CC[C@H](C)[C@H](NC(=O)[C@H](CCCNC(=N)N)NC(=O)[C@H](CO)NC(=O)[C@H](CCC(=O)O)NC(=O)[C@H](CC(=O)O)NC(=O)CNC(=O)CNC(=O)[C@@H](NC(=O)[C@@H](N)Cc1ccccc1)[C@@H](C)O)C(=O)N[C@@H](CCC(N)=O)C(=O)N[C@@H](CCC(=O)O)C(=O)NCC(=O)O. The van der Waals surface area contributed by atoms with Crippen LogP contribution in [0, 0.1) is 11.3 Å². The molecule has 0 aromatic heterocycles. The Morgan fingerprint density at radius 1 is 0.484 bits per heavy atom. The second kappa shape index (κ2) is 41.2. The smallest absolute Gasteiger partial charge is 0.322 e. The Hall–Kier alpha value is -10.1. The van der Waals surface area contributed by atoms with Crippen LogP contribution < -0.4 is 81.0 Å². The van der Waals surface area contributed by atoms with Crippen molar-refractivity contribution in [2.75, 3.05) is 32.8 Å². The van der Waals surface area contributed by atoms with Gasteiger partial charge in [0.2, 0.25) is 70.9 Å². The zero-order valence-electron chi connectivity index (χ0n) is 50.0. The zero-order chi connectivity index (χ0) is 69.1. The molecule has 0 aliphatic carbocycles. The van der Waals surface area contributed by atoms with E-state index in [1.165, 1.54) is 13.8 Å². The van der Waals surface area contributed by atoms with Gasteiger partial charge in [0.05, 0.1) is 38.3 Å². The van der Waals surface area contributed by atoms with Gasteiger partial charge in [-0.25, -0.2) is 0 Å². The topological polar surface area (TPSA) is 641 Å². The third kappa shape index (κ3) is 32.1. The maximum absolute atomic E-state index is 14.2. The summed E-state index contributed by atoms with van der Waals surface area (Å²) in [5.41, 5.74) is 17.4. The first-order valence-corrected chi connectivity index (χ1v) is 28.3. The highest BCUT2D eigenvalue weighted by Gasteiger charge is 2.37. The summed E-state index contributed by atoms with van der Waals surface area (Å²) in [4.78, 5) is 205. The second-order valence-electron chi connectivity index (χ2n) is 20.6. The van der Waals surface area contributed by atoms with Crippen LogP contribution in [-0.2, 0) is 83.1 Å². The Morgan fingerprint density at radius 2 is 0.945 bits per heavy atom. The van der Waals surface area contributed by atoms with Crippen molar-refractivity contribution in [2.45, 2.75) is 152 Å². The molecule has 0 saturated heterocycles. The Labute approximate surface area is 519 Å². The minimum absolute atomic E-state index is 0.0609. The normalized spacial score (nSPS) is 14.4. The number of benzene rings is 1. The number of nitrogens with one attached hydrogen (secondary N) is 13. The number of hydrogen-bond acceptors (Lipinski definition) is 20. The summed E-state index contributed by atoms with van der Waals surface area (Å²) in [5.74, 6) is -21.1. The lowest BCUT2D eigenvalue weighted by Gasteiger charge is -2.29. The second-order valence-corrected chi connectivity index (χ2v) is 20.6. The van der Waals surface area contributed by atoms with Crippen molar-refractivity contribution < 1.29 is 107 Å². The Balaban J connectivity index is 3.35. The van der Waals surface area contributed by atoms with Crippen molar-refractivity contribution in [3.8, 4) is 0 Å². The number of aliphatic hydroxyl groups excluding tert-OH is 2. The van der Waals surface area contributed by atoms with Gasteiger partial charge in [-0.2, -0.15) is 0 Å². The standard InChI is InChI=1S/C53H82N16O22/c1-4-25(2)42(52(91)66-31(12-15-35(55)72)46(85)64-30(13-16-38(75)76)45(84)61-23-41(81)82)68-48(87)29(11-8-18-58-53(56)57)63-50(89)34(24-70)67-47(86)32(14-17-39(77)78)65-49(88)33(20-40(79)80)62-37(74)22-59-36(73)21-60-51(90)43(26(3)71)69-44(83)28(54)19-27-9-6-5-7-10-27/h5-7,9-10,25-26,28-34,42-43,70-71H,4,8,11-24,54H2,1-3H3,(H2,55,72)(H,59,73)(H,60,90)(H,61,84)(H,62,74)(H,63,89)(H,64,85)(H,65,88)(H,66,91)(H,67,86)(H,68,87)(H,69,83)(H,75,76)(H,77,78)(H,79,80)(H,81,82)(H4,56,57,58)/t25-,26+,28-,29-,30-,31-,32-,33-,34-,42-,43-/m0/s1. The maximum Gasteiger partial charge on any atom is 0.322 e. The number of carbonyl (C=O) groups is 16. The predicted octanol–water partition coefficient (Wildman–Crippen LogP) is -8.98. The van der Waals surface area contributed by atoms with Crippen LogP contribution in [0.2, 0.25) is 0 Å². The minimum atomic E-state index is -2.05. The van der Waals surface area contributed by atoms with Gasteiger partial charge in [-0.3, -0.25) is 82.1 Å². The lowest BCUT2D eigenvalue weighted by atomic mass is 9.96. The van der Waals surface area contributed by atoms with Crippen molar-refractivity contribution in [1.82, 2.24) is 63.8 Å². The van der Waals surface area contributed by atoms with Gasteiger partial charge in [0, 0.05) is 25.8 Å². The fourth-order valence-electron chi connectivity index (χ4n) is 7.99. The molecule has 0 heterocycles. The first-order chi connectivity index (χ1) is 42.7. The molecule has 0 aliphatic heterocycles. The van der Waals surface area contributed by atoms with E-state index in [9.17, 15) is 102 Å². The molecule has 1 aromatic rings. The Bertz CT molecular complexity index is 2760. The maximum atomic E-state index is 14.2. The van der Waals surface area contributed by atoms with E-state index in [0.29, 0.717) is 5.56 Å². The van der Waals surface area contributed by atoms with Crippen LogP contribution in [-0.4, -0.2) is 225 Å². The molecule has 91 heavy (non-hydrogen) atoms. The highest BCUT2D eigenvalue weighted by Crippen LogP contribution is 2.13. The van der Waals surface area contributed by atoms with Crippen molar-refractivity contribution in [2.24, 2.45) is 23.1 Å². The van der Waals surface area contributed by atoms with Gasteiger partial charge in [-0.1, -0.05) is 50.6 Å². The van der Waals surface area contributed by atoms with Crippen LogP contribution in [0.15, 0.2) is 30.3 Å². The number of rotatable bonds is 44. The van der Waals surface area contributed by atoms with E-state index >= 15 is 0 Å². The quantitative estimate of drug-likeness (QED) is 0.0164. The predicted molar refractivity (Wildman–Crippen MR) is 312 cm³/mol. The average molecular weight is 1300 g/mol. The zero-order valence-corrected chi connectivity index (χ0v) is 50.0. The van der Waals surface area contributed by atoms with Crippen molar-refractivity contribution in [1.29, 1.82) is 5.41 Å². The van der Waals surface area contributed by atoms with E-state index in [-0.39, 0.29) is 32.2 Å². The van der Waals surface area contributed by atoms with Crippen LogP contribution in [0.3, 0.4) is 0 Å². The van der Waals surface area contributed by atoms with Crippen molar-refractivity contribution >= 4 is 101 Å². The summed E-state index contributed by atoms with van der Waals surface area (Å²) in [6.45, 7) is 0.190. The molecule has 38 heteroatoms. The van der Waals surface area contributed by atoms with Gasteiger partial charge < -0.3 is 112 Å². The monoisotopic (exact) mass is 1290 g/mol. The molecule has 0 aliphatic rings. The summed E-state index contributed by atoms with van der Waals surface area (Å²) in [7, 11) is 0. The van der Waals surface area contributed by atoms with Crippen molar-refractivity contribution in [3.05, 3.63) is 35.9 Å². The molecule has 0 spiro atoms.